The number of amides is 4. The highest BCUT2D eigenvalue weighted by molar-refractivity contribution is 6.38. The van der Waals surface area contributed by atoms with Gasteiger partial charge in [-0.2, -0.15) is 0 Å². The molecule has 2 aliphatic rings. The van der Waals surface area contributed by atoms with Crippen molar-refractivity contribution in [3.63, 3.8) is 0 Å². The van der Waals surface area contributed by atoms with E-state index >= 15 is 0 Å². The number of para-hydroxylation sites is 1. The van der Waals surface area contributed by atoms with Gasteiger partial charge in [-0.1, -0.05) is 73.9 Å². The van der Waals surface area contributed by atoms with E-state index in [1.54, 1.807) is 18.2 Å². The van der Waals surface area contributed by atoms with Crippen molar-refractivity contribution in [1.82, 2.24) is 26.3 Å². The fourth-order valence-electron chi connectivity index (χ4n) is 5.99. The normalized spacial score (nSPS) is 18.5. The molecule has 10 heteroatoms. The van der Waals surface area contributed by atoms with Crippen LogP contribution in [0.3, 0.4) is 0 Å². The SMILES string of the molecule is O=C(NC1CCCCC1)C(=O)[C@H](C[C@@H]1CCCNC1=O)NC(=O)[C@H](Cc1ccccc1)NC(=O)c1ccc2ccccc2n1. The number of benzene rings is 2. The van der Waals surface area contributed by atoms with Crippen LogP contribution in [-0.2, 0) is 25.6 Å². The first-order chi connectivity index (χ1) is 21.4. The van der Waals surface area contributed by atoms with Crippen LogP contribution in [0.2, 0.25) is 0 Å². The summed E-state index contributed by atoms with van der Waals surface area (Å²) < 4.78 is 0. The van der Waals surface area contributed by atoms with Crippen molar-refractivity contribution < 1.29 is 24.0 Å². The van der Waals surface area contributed by atoms with E-state index in [4.69, 9.17) is 0 Å². The molecule has 2 fully saturated rings. The molecule has 1 saturated carbocycles. The number of aromatic nitrogens is 1. The van der Waals surface area contributed by atoms with Crippen molar-refractivity contribution in [2.75, 3.05) is 6.54 Å². The number of Topliss-reactive ketones (excluding diaryl/α,β-unsaturated/α-hetero) is 1. The Labute approximate surface area is 256 Å². The summed E-state index contributed by atoms with van der Waals surface area (Å²) >= 11 is 0. The Hall–Kier alpha value is -4.60. The van der Waals surface area contributed by atoms with Crippen LogP contribution in [0.25, 0.3) is 10.9 Å². The van der Waals surface area contributed by atoms with Crippen molar-refractivity contribution in [1.29, 1.82) is 0 Å². The van der Waals surface area contributed by atoms with Crippen LogP contribution in [0.1, 0.15) is 67.4 Å². The average Bonchev–Trinajstić information content (AvgIpc) is 3.05. The Morgan fingerprint density at radius 3 is 2.34 bits per heavy atom. The fourth-order valence-corrected chi connectivity index (χ4v) is 5.99. The second-order valence-corrected chi connectivity index (χ2v) is 11.7. The molecular weight excluding hydrogens is 558 g/mol. The Kier molecular flexibility index (Phi) is 10.3. The number of piperidine rings is 1. The van der Waals surface area contributed by atoms with Crippen LogP contribution < -0.4 is 21.3 Å². The van der Waals surface area contributed by atoms with Gasteiger partial charge in [-0.3, -0.25) is 24.0 Å². The van der Waals surface area contributed by atoms with Gasteiger partial charge in [0.15, 0.2) is 0 Å². The lowest BCUT2D eigenvalue weighted by molar-refractivity contribution is -0.141. The highest BCUT2D eigenvalue weighted by Crippen LogP contribution is 2.20. The van der Waals surface area contributed by atoms with Gasteiger partial charge in [-0.15, -0.1) is 0 Å². The second-order valence-electron chi connectivity index (χ2n) is 11.7. The van der Waals surface area contributed by atoms with Crippen LogP contribution in [-0.4, -0.2) is 59.1 Å². The molecule has 5 rings (SSSR count). The minimum Gasteiger partial charge on any atom is -0.356 e. The number of fused-ring (bicyclic) bond motifs is 1. The van der Waals surface area contributed by atoms with Gasteiger partial charge in [-0.25, -0.2) is 4.98 Å². The maximum atomic E-state index is 13.8. The smallest absolute Gasteiger partial charge is 0.289 e. The number of rotatable bonds is 11. The molecule has 4 amide bonds. The zero-order valence-electron chi connectivity index (χ0n) is 24.7. The van der Waals surface area contributed by atoms with Gasteiger partial charge >= 0.3 is 0 Å². The minimum atomic E-state index is -1.23. The topological polar surface area (TPSA) is 146 Å². The van der Waals surface area contributed by atoms with Crippen LogP contribution in [0.15, 0.2) is 66.7 Å². The maximum absolute atomic E-state index is 13.8. The molecule has 1 aromatic heterocycles. The lowest BCUT2D eigenvalue weighted by atomic mass is 9.89. The van der Waals surface area contributed by atoms with E-state index in [1.165, 1.54) is 0 Å². The Balaban J connectivity index is 1.36. The van der Waals surface area contributed by atoms with Gasteiger partial charge < -0.3 is 21.3 Å². The van der Waals surface area contributed by atoms with E-state index in [0.29, 0.717) is 18.5 Å². The number of nitrogens with one attached hydrogen (secondary N) is 4. The van der Waals surface area contributed by atoms with E-state index in [1.807, 2.05) is 48.5 Å². The third kappa shape index (κ3) is 8.06. The fraction of sp³-hybridized carbons (Fsp3) is 0.412. The molecule has 1 aliphatic heterocycles. The third-order valence-corrected chi connectivity index (χ3v) is 8.45. The molecule has 230 valence electrons. The summed E-state index contributed by atoms with van der Waals surface area (Å²) in [6.07, 6.45) is 6.09. The number of carbonyl (C=O) groups is 5. The van der Waals surface area contributed by atoms with Crippen molar-refractivity contribution in [2.45, 2.75) is 75.9 Å². The van der Waals surface area contributed by atoms with Gasteiger partial charge in [0, 0.05) is 30.3 Å². The summed E-state index contributed by atoms with van der Waals surface area (Å²) in [5.74, 6) is -3.44. The third-order valence-electron chi connectivity index (χ3n) is 8.45. The van der Waals surface area contributed by atoms with Crippen molar-refractivity contribution >= 4 is 40.3 Å². The van der Waals surface area contributed by atoms with Gasteiger partial charge in [0.1, 0.15) is 11.7 Å². The molecule has 1 aliphatic carbocycles. The predicted molar refractivity (Wildman–Crippen MR) is 165 cm³/mol. The summed E-state index contributed by atoms with van der Waals surface area (Å²) in [4.78, 5) is 70.9. The van der Waals surface area contributed by atoms with Crippen LogP contribution in [0.4, 0.5) is 0 Å². The molecule has 0 unspecified atom stereocenters. The molecule has 44 heavy (non-hydrogen) atoms. The summed E-state index contributed by atoms with van der Waals surface area (Å²) in [6, 6.07) is 17.6. The van der Waals surface area contributed by atoms with Gasteiger partial charge in [0.05, 0.1) is 11.6 Å². The zero-order valence-corrected chi connectivity index (χ0v) is 24.7. The van der Waals surface area contributed by atoms with E-state index in [2.05, 4.69) is 26.3 Å². The number of nitrogens with zero attached hydrogens (tertiary/aromatic N) is 1. The average molecular weight is 598 g/mol. The number of carbonyl (C=O) groups excluding carboxylic acids is 5. The largest absolute Gasteiger partial charge is 0.356 e. The van der Waals surface area contributed by atoms with Gasteiger partial charge in [0.25, 0.3) is 11.8 Å². The van der Waals surface area contributed by atoms with E-state index < -0.39 is 41.5 Å². The molecule has 0 spiro atoms. The monoisotopic (exact) mass is 597 g/mol. The summed E-state index contributed by atoms with van der Waals surface area (Å²) in [7, 11) is 0. The summed E-state index contributed by atoms with van der Waals surface area (Å²) in [5, 5.41) is 12.1. The highest BCUT2D eigenvalue weighted by Gasteiger charge is 2.35. The van der Waals surface area contributed by atoms with Gasteiger partial charge in [0.2, 0.25) is 17.6 Å². The number of pyridine rings is 1. The maximum Gasteiger partial charge on any atom is 0.289 e. The number of hydrogen-bond donors (Lipinski definition) is 4. The first-order valence-corrected chi connectivity index (χ1v) is 15.5. The quantitative estimate of drug-likeness (QED) is 0.250. The first kappa shape index (κ1) is 30.8. The molecule has 3 atom stereocenters. The van der Waals surface area contributed by atoms with Crippen LogP contribution >= 0.6 is 0 Å². The Bertz CT molecular complexity index is 1500. The zero-order chi connectivity index (χ0) is 30.9. The highest BCUT2D eigenvalue weighted by atomic mass is 16.2. The van der Waals surface area contributed by atoms with E-state index in [9.17, 15) is 24.0 Å². The Morgan fingerprint density at radius 2 is 1.57 bits per heavy atom. The molecule has 10 nitrogen and oxygen atoms in total. The predicted octanol–water partition coefficient (Wildman–Crippen LogP) is 3.00. The molecular formula is C34H39N5O5. The summed E-state index contributed by atoms with van der Waals surface area (Å²) in [5.41, 5.74) is 1.58. The standard InChI is InChI=1S/C34H39N5O5/c40-30(34(44)36-25-14-5-2-6-15-25)28(21-24-13-9-19-35-31(24)41)38-33(43)29(20-22-10-3-1-4-11-22)39-32(42)27-18-17-23-12-7-8-16-26(23)37-27/h1,3-4,7-8,10-12,16-18,24-25,28-29H,2,5-6,9,13-15,19-21H2,(H,35,41)(H,36,44)(H,38,43)(H,39,42)/t24-,28-,29-/m0/s1. The van der Waals surface area contributed by atoms with Crippen molar-refractivity contribution in [3.05, 3.63) is 78.0 Å². The summed E-state index contributed by atoms with van der Waals surface area (Å²) in [6.45, 7) is 0.552. The van der Waals surface area contributed by atoms with Crippen LogP contribution in [0, 0.1) is 5.92 Å². The number of ketones is 1. The minimum absolute atomic E-state index is 0.00722. The van der Waals surface area contributed by atoms with Gasteiger partial charge in [-0.05, 0) is 49.8 Å². The molecule has 1 saturated heterocycles. The van der Waals surface area contributed by atoms with E-state index in [0.717, 1.165) is 49.5 Å². The molecule has 0 radical (unpaired) electrons. The number of hydrogen-bond acceptors (Lipinski definition) is 6. The van der Waals surface area contributed by atoms with Crippen molar-refractivity contribution in [3.8, 4) is 0 Å². The Morgan fingerprint density at radius 1 is 0.818 bits per heavy atom. The lowest BCUT2D eigenvalue weighted by Crippen LogP contribution is -2.56. The van der Waals surface area contributed by atoms with E-state index in [-0.39, 0.29) is 30.5 Å². The first-order valence-electron chi connectivity index (χ1n) is 15.5. The van der Waals surface area contributed by atoms with Crippen LogP contribution in [0.5, 0.6) is 0 Å². The molecule has 2 heterocycles. The second kappa shape index (κ2) is 14.7. The van der Waals surface area contributed by atoms with Crippen molar-refractivity contribution in [2.24, 2.45) is 5.92 Å². The molecule has 2 aromatic carbocycles. The molecule has 3 aromatic rings. The molecule has 4 N–H and O–H groups in total. The lowest BCUT2D eigenvalue weighted by Gasteiger charge is -2.28. The molecule has 0 bridgehead atoms.